The van der Waals surface area contributed by atoms with E-state index in [2.05, 4.69) is 67.8 Å². The third kappa shape index (κ3) is 5.18. The predicted molar refractivity (Wildman–Crippen MR) is 184 cm³/mol. The zero-order chi connectivity index (χ0) is 31.5. The summed E-state index contributed by atoms with van der Waals surface area (Å²) in [7, 11) is -4.50. The second-order valence-corrected chi connectivity index (χ2v) is 18.6. The molecular weight excluding hydrogens is 941 g/mol. The van der Waals surface area contributed by atoms with E-state index in [1.54, 1.807) is 12.1 Å². The largest absolute Gasteiger partial charge is 0.458 e. The van der Waals surface area contributed by atoms with Gasteiger partial charge in [-0.15, -0.1) is 0 Å². The number of rotatable bonds is 6. The van der Waals surface area contributed by atoms with Crippen molar-refractivity contribution in [2.24, 2.45) is 47.3 Å². The molecule has 0 radical (unpaired) electrons. The number of carbonyl (C=O) groups excluding carboxylic acids is 3. The predicted octanol–water partition coefficient (Wildman–Crippen LogP) is 6.23. The monoisotopic (exact) mass is 970 g/mol. The lowest BCUT2D eigenvalue weighted by atomic mass is 9.51. The van der Waals surface area contributed by atoms with E-state index in [9.17, 15) is 27.4 Å². The summed E-state index contributed by atoms with van der Waals surface area (Å²) in [5.74, 6) is -1.72. The fourth-order valence-corrected chi connectivity index (χ4v) is 13.2. The first kappa shape index (κ1) is 31.2. The quantitative estimate of drug-likeness (QED) is 0.118. The molecule has 1 heterocycles. The van der Waals surface area contributed by atoms with Gasteiger partial charge in [0.05, 0.1) is 22.3 Å². The molecular formula is C32H29I3O9S. The van der Waals surface area contributed by atoms with Crippen LogP contribution in [0.15, 0.2) is 35.2 Å². The van der Waals surface area contributed by atoms with Crippen molar-refractivity contribution >= 4 is 95.8 Å². The molecule has 1 saturated heterocycles. The van der Waals surface area contributed by atoms with E-state index in [-0.39, 0.29) is 22.5 Å². The molecule has 7 fully saturated rings. The normalized spacial score (nSPS) is 37.2. The molecule has 0 aromatic heterocycles. The number of hydrogen-bond acceptors (Lipinski definition) is 8. The average molecular weight is 970 g/mol. The van der Waals surface area contributed by atoms with E-state index in [4.69, 9.17) is 14.2 Å². The van der Waals surface area contributed by atoms with Gasteiger partial charge in [-0.2, -0.15) is 8.42 Å². The summed E-state index contributed by atoms with van der Waals surface area (Å²) >= 11 is 6.43. The van der Waals surface area contributed by atoms with Gasteiger partial charge in [0.25, 0.3) is 10.1 Å². The van der Waals surface area contributed by atoms with Gasteiger partial charge in [-0.3, -0.25) is 14.1 Å². The highest BCUT2D eigenvalue weighted by molar-refractivity contribution is 14.1. The Morgan fingerprint density at radius 1 is 0.889 bits per heavy atom. The lowest BCUT2D eigenvalue weighted by molar-refractivity contribution is -0.149. The molecule has 0 amide bonds. The van der Waals surface area contributed by atoms with E-state index in [0.717, 1.165) is 36.4 Å². The Balaban J connectivity index is 1.07. The van der Waals surface area contributed by atoms with Crippen LogP contribution in [0.4, 0.5) is 0 Å². The van der Waals surface area contributed by atoms with Gasteiger partial charge < -0.3 is 14.2 Å². The highest BCUT2D eigenvalue weighted by Gasteiger charge is 2.70. The van der Waals surface area contributed by atoms with Crippen molar-refractivity contribution in [3.8, 4) is 5.75 Å². The smallest absolute Gasteiger partial charge is 0.339 e. The van der Waals surface area contributed by atoms with Gasteiger partial charge in [0.2, 0.25) is 0 Å². The standard InChI is InChI=1S/C32H29I3O9S/c33-16-8-21(27(35)22(34)9-16)30(36)43-28-19-11-20-26(32(38)44-29(20)28)25(19)31(37)42-17-1-2-23(45(39,40)41)18(10-17)24-14-4-12-3-13(6-14)7-15(24)5-12/h1-2,8-10,12-15,19-20,24-26,28-29H,3-7,11H2,(H,39,40,41). The van der Waals surface area contributed by atoms with Gasteiger partial charge in [0.15, 0.2) is 0 Å². The number of fused-ring (bicyclic) bond motifs is 1. The zero-order valence-corrected chi connectivity index (χ0v) is 31.0. The molecule has 6 aliphatic carbocycles. The van der Waals surface area contributed by atoms with Crippen LogP contribution in [0.25, 0.3) is 0 Å². The summed E-state index contributed by atoms with van der Waals surface area (Å²) < 4.78 is 55.3. The van der Waals surface area contributed by atoms with E-state index in [1.807, 2.05) is 6.07 Å². The van der Waals surface area contributed by atoms with Crippen LogP contribution < -0.4 is 4.74 Å². The van der Waals surface area contributed by atoms with E-state index in [1.165, 1.54) is 18.6 Å². The third-order valence-corrected chi connectivity index (χ3v) is 15.9. The first-order valence-electron chi connectivity index (χ1n) is 15.3. The van der Waals surface area contributed by atoms with Crippen molar-refractivity contribution in [1.82, 2.24) is 0 Å². The summed E-state index contributed by atoms with van der Waals surface area (Å²) in [6, 6.07) is 8.04. The van der Waals surface area contributed by atoms with Crippen molar-refractivity contribution in [3.63, 3.8) is 0 Å². The fourth-order valence-electron chi connectivity index (χ4n) is 10.1. The number of carbonyl (C=O) groups is 3. The summed E-state index contributed by atoms with van der Waals surface area (Å²) in [4.78, 5) is 40.1. The summed E-state index contributed by atoms with van der Waals surface area (Å²) in [5.41, 5.74) is 0.935. The van der Waals surface area contributed by atoms with Crippen LogP contribution in [0.5, 0.6) is 5.75 Å². The lowest BCUT2D eigenvalue weighted by Crippen LogP contribution is -2.44. The number of esters is 3. The van der Waals surface area contributed by atoms with Crippen molar-refractivity contribution < 1.29 is 41.6 Å². The van der Waals surface area contributed by atoms with Crippen LogP contribution in [0.1, 0.15) is 60.4 Å². The van der Waals surface area contributed by atoms with Crippen molar-refractivity contribution in [3.05, 3.63) is 52.2 Å². The number of halogens is 3. The van der Waals surface area contributed by atoms with E-state index < -0.39 is 58.0 Å². The molecule has 238 valence electrons. The van der Waals surface area contributed by atoms with Gasteiger partial charge in [-0.1, -0.05) is 0 Å². The number of benzene rings is 2. The molecule has 45 heavy (non-hydrogen) atoms. The second-order valence-electron chi connectivity index (χ2n) is 13.7. The van der Waals surface area contributed by atoms with E-state index in [0.29, 0.717) is 41.2 Å². The highest BCUT2D eigenvalue weighted by Crippen LogP contribution is 2.61. The van der Waals surface area contributed by atoms with Crippen molar-refractivity contribution in [2.75, 3.05) is 0 Å². The first-order chi connectivity index (χ1) is 21.4. The molecule has 9 rings (SSSR count). The topological polar surface area (TPSA) is 133 Å². The zero-order valence-electron chi connectivity index (χ0n) is 23.7. The molecule has 6 saturated carbocycles. The SMILES string of the molecule is O=C(OC1C2CC3C1OC(=O)C3C2C(=O)Oc1ccc(S(=O)(=O)O)c(C2C3CC4CC(C3)CC2C4)c1)c1cc(I)cc(I)c1I. The molecule has 0 spiro atoms. The Labute approximate surface area is 301 Å². The van der Waals surface area contributed by atoms with Crippen LogP contribution in [0.3, 0.4) is 0 Å². The van der Waals surface area contributed by atoms with Gasteiger partial charge in [-0.25, -0.2) is 4.79 Å². The van der Waals surface area contributed by atoms with Gasteiger partial charge in [0.1, 0.15) is 18.0 Å². The van der Waals surface area contributed by atoms with Crippen LogP contribution in [-0.2, 0) is 29.2 Å². The molecule has 6 bridgehead atoms. The molecule has 2 aromatic rings. The lowest BCUT2D eigenvalue weighted by Gasteiger charge is -2.54. The van der Waals surface area contributed by atoms with Gasteiger partial charge in [0, 0.05) is 22.5 Å². The molecule has 6 unspecified atom stereocenters. The van der Waals surface area contributed by atoms with Crippen LogP contribution in [0.2, 0.25) is 0 Å². The Kier molecular flexibility index (Phi) is 7.81. The molecule has 7 aliphatic rings. The average Bonchev–Trinajstić information content (AvgIpc) is 3.58. The molecule has 2 aromatic carbocycles. The Morgan fingerprint density at radius 2 is 1.58 bits per heavy atom. The van der Waals surface area contributed by atoms with E-state index >= 15 is 0 Å². The van der Waals surface area contributed by atoms with Crippen molar-refractivity contribution in [2.45, 2.75) is 61.5 Å². The minimum absolute atomic E-state index is 0.0304. The summed E-state index contributed by atoms with van der Waals surface area (Å²) in [6.45, 7) is 0. The fraction of sp³-hybridized carbons (Fsp3) is 0.531. The molecule has 1 N–H and O–H groups in total. The maximum Gasteiger partial charge on any atom is 0.339 e. The van der Waals surface area contributed by atoms with Crippen LogP contribution in [-0.4, -0.2) is 43.1 Å². The first-order valence-corrected chi connectivity index (χ1v) is 19.9. The molecule has 6 atom stereocenters. The Bertz CT molecular complexity index is 1730. The minimum atomic E-state index is -4.50. The molecule has 13 heteroatoms. The molecule has 1 aliphatic heterocycles. The number of ether oxygens (including phenoxy) is 3. The minimum Gasteiger partial charge on any atom is -0.458 e. The third-order valence-electron chi connectivity index (χ3n) is 11.3. The Hall–Kier alpha value is -1.05. The molecule has 9 nitrogen and oxygen atoms in total. The van der Waals surface area contributed by atoms with Crippen LogP contribution >= 0.6 is 67.8 Å². The number of hydrogen-bond donors (Lipinski definition) is 1. The van der Waals surface area contributed by atoms with Gasteiger partial charge >= 0.3 is 17.9 Å². The summed E-state index contributed by atoms with van der Waals surface area (Å²) in [5, 5.41) is 0. The maximum absolute atomic E-state index is 13.9. The summed E-state index contributed by atoms with van der Waals surface area (Å²) in [6.07, 6.45) is 4.55. The highest BCUT2D eigenvalue weighted by atomic mass is 127. The van der Waals surface area contributed by atoms with Crippen molar-refractivity contribution in [1.29, 1.82) is 0 Å². The maximum atomic E-state index is 13.9. The second kappa shape index (κ2) is 11.3. The Morgan fingerprint density at radius 3 is 2.24 bits per heavy atom. The van der Waals surface area contributed by atoms with Gasteiger partial charge in [-0.05, 0) is 172 Å². The van der Waals surface area contributed by atoms with Crippen LogP contribution in [0, 0.1) is 58.1 Å².